The third-order valence-electron chi connectivity index (χ3n) is 4.79. The zero-order valence-electron chi connectivity index (χ0n) is 11.3. The van der Waals surface area contributed by atoms with Crippen LogP contribution in [0.25, 0.3) is 0 Å². The molecule has 0 aliphatic carbocycles. The Labute approximate surface area is 110 Å². The van der Waals surface area contributed by atoms with Crippen LogP contribution in [0.4, 0.5) is 0 Å². The van der Waals surface area contributed by atoms with E-state index in [-0.39, 0.29) is 0 Å². The van der Waals surface area contributed by atoms with E-state index in [4.69, 9.17) is 0 Å². The smallest absolute Gasteiger partial charge is 0.0261 e. The number of hydrogen-bond acceptors (Lipinski definition) is 2. The molecule has 1 aromatic carbocycles. The molecule has 2 heterocycles. The van der Waals surface area contributed by atoms with Gasteiger partial charge in [-0.05, 0) is 36.9 Å². The summed E-state index contributed by atoms with van der Waals surface area (Å²) in [6.07, 6.45) is 2.64. The molecule has 0 saturated carbocycles. The van der Waals surface area contributed by atoms with Gasteiger partial charge in [0.1, 0.15) is 0 Å². The highest BCUT2D eigenvalue weighted by Gasteiger charge is 2.35. The highest BCUT2D eigenvalue weighted by atomic mass is 15.2. The lowest BCUT2D eigenvalue weighted by atomic mass is 9.98. The fourth-order valence-electron chi connectivity index (χ4n) is 3.65. The second kappa shape index (κ2) is 5.41. The van der Waals surface area contributed by atoms with Gasteiger partial charge in [0.05, 0.1) is 0 Å². The lowest BCUT2D eigenvalue weighted by molar-refractivity contribution is 0.206. The van der Waals surface area contributed by atoms with Crippen molar-refractivity contribution >= 4 is 0 Å². The molecule has 0 aromatic heterocycles. The lowest BCUT2D eigenvalue weighted by Crippen LogP contribution is -2.38. The first-order valence-electron chi connectivity index (χ1n) is 7.38. The topological polar surface area (TPSA) is 15.3 Å². The molecule has 18 heavy (non-hydrogen) atoms. The first kappa shape index (κ1) is 12.2. The van der Waals surface area contributed by atoms with Gasteiger partial charge in [0.25, 0.3) is 0 Å². The van der Waals surface area contributed by atoms with E-state index in [9.17, 15) is 0 Å². The summed E-state index contributed by atoms with van der Waals surface area (Å²) in [6.45, 7) is 7.28. The van der Waals surface area contributed by atoms with Gasteiger partial charge in [0.2, 0.25) is 0 Å². The van der Waals surface area contributed by atoms with Crippen LogP contribution < -0.4 is 5.32 Å². The predicted octanol–water partition coefficient (Wildman–Crippen LogP) is 2.47. The van der Waals surface area contributed by atoms with E-state index in [2.05, 4.69) is 47.5 Å². The van der Waals surface area contributed by atoms with E-state index in [1.165, 1.54) is 44.6 Å². The van der Waals surface area contributed by atoms with Crippen LogP contribution >= 0.6 is 0 Å². The van der Waals surface area contributed by atoms with Gasteiger partial charge in [-0.3, -0.25) is 4.90 Å². The molecule has 0 spiro atoms. The molecule has 0 bridgehead atoms. The van der Waals surface area contributed by atoms with Gasteiger partial charge in [0.15, 0.2) is 0 Å². The van der Waals surface area contributed by atoms with Gasteiger partial charge in [-0.1, -0.05) is 43.7 Å². The molecule has 98 valence electrons. The normalized spacial score (nSPS) is 33.1. The van der Waals surface area contributed by atoms with Crippen LogP contribution in [0.15, 0.2) is 30.3 Å². The monoisotopic (exact) mass is 244 g/mol. The third-order valence-corrected chi connectivity index (χ3v) is 4.79. The zero-order valence-corrected chi connectivity index (χ0v) is 11.3. The van der Waals surface area contributed by atoms with Gasteiger partial charge < -0.3 is 5.32 Å². The van der Waals surface area contributed by atoms with Gasteiger partial charge in [-0.15, -0.1) is 0 Å². The Morgan fingerprint density at radius 1 is 1.22 bits per heavy atom. The van der Waals surface area contributed by atoms with Crippen LogP contribution in [0.5, 0.6) is 0 Å². The Bertz CT molecular complexity index is 376. The van der Waals surface area contributed by atoms with Crippen molar-refractivity contribution in [2.45, 2.75) is 31.7 Å². The maximum atomic E-state index is 3.56. The SMILES string of the molecule is CCC1CNCC1N1CCC(c2ccccc2)C1. The summed E-state index contributed by atoms with van der Waals surface area (Å²) in [5, 5.41) is 3.56. The molecule has 1 N–H and O–H groups in total. The van der Waals surface area contributed by atoms with Crippen LogP contribution in [0.2, 0.25) is 0 Å². The van der Waals surface area contributed by atoms with Crippen molar-refractivity contribution in [1.29, 1.82) is 0 Å². The Morgan fingerprint density at radius 2 is 2.06 bits per heavy atom. The third kappa shape index (κ3) is 2.32. The number of nitrogens with one attached hydrogen (secondary N) is 1. The summed E-state index contributed by atoms with van der Waals surface area (Å²) < 4.78 is 0. The number of nitrogens with zero attached hydrogens (tertiary/aromatic N) is 1. The second-order valence-electron chi connectivity index (χ2n) is 5.79. The molecule has 2 heteroatoms. The lowest BCUT2D eigenvalue weighted by Gasteiger charge is -2.28. The molecule has 1 aromatic rings. The number of hydrogen-bond donors (Lipinski definition) is 1. The van der Waals surface area contributed by atoms with Gasteiger partial charge in [-0.25, -0.2) is 0 Å². The van der Waals surface area contributed by atoms with Crippen molar-refractivity contribution in [3.05, 3.63) is 35.9 Å². The van der Waals surface area contributed by atoms with Crippen LogP contribution in [-0.2, 0) is 0 Å². The van der Waals surface area contributed by atoms with Crippen molar-refractivity contribution in [3.8, 4) is 0 Å². The summed E-state index contributed by atoms with van der Waals surface area (Å²) in [5.74, 6) is 1.61. The van der Waals surface area contributed by atoms with Gasteiger partial charge in [-0.2, -0.15) is 0 Å². The Hall–Kier alpha value is -0.860. The highest BCUT2D eigenvalue weighted by Crippen LogP contribution is 2.31. The molecule has 2 aliphatic rings. The second-order valence-corrected chi connectivity index (χ2v) is 5.79. The number of likely N-dealkylation sites (tertiary alicyclic amines) is 1. The minimum absolute atomic E-state index is 0.754. The Balaban J connectivity index is 1.65. The van der Waals surface area contributed by atoms with Crippen molar-refractivity contribution in [2.75, 3.05) is 26.2 Å². The van der Waals surface area contributed by atoms with E-state index in [1.54, 1.807) is 0 Å². The predicted molar refractivity (Wildman–Crippen MR) is 75.8 cm³/mol. The van der Waals surface area contributed by atoms with E-state index in [0.29, 0.717) is 0 Å². The van der Waals surface area contributed by atoms with Crippen LogP contribution in [0.3, 0.4) is 0 Å². The van der Waals surface area contributed by atoms with E-state index < -0.39 is 0 Å². The van der Waals surface area contributed by atoms with Gasteiger partial charge >= 0.3 is 0 Å². The van der Waals surface area contributed by atoms with E-state index in [1.807, 2.05) is 0 Å². The molecule has 0 amide bonds. The van der Waals surface area contributed by atoms with Crippen LogP contribution in [0, 0.1) is 5.92 Å². The summed E-state index contributed by atoms with van der Waals surface area (Å²) in [6, 6.07) is 11.8. The van der Waals surface area contributed by atoms with Crippen molar-refractivity contribution in [3.63, 3.8) is 0 Å². The molecule has 2 nitrogen and oxygen atoms in total. The highest BCUT2D eigenvalue weighted by molar-refractivity contribution is 5.21. The fraction of sp³-hybridized carbons (Fsp3) is 0.625. The Morgan fingerprint density at radius 3 is 2.83 bits per heavy atom. The molecule has 3 unspecified atom stereocenters. The Kier molecular flexibility index (Phi) is 3.67. The standard InChI is InChI=1S/C16H24N2/c1-2-13-10-17-11-16(13)18-9-8-15(12-18)14-6-4-3-5-7-14/h3-7,13,15-17H,2,8-12H2,1H3. The van der Waals surface area contributed by atoms with Crippen LogP contribution in [-0.4, -0.2) is 37.1 Å². The summed E-state index contributed by atoms with van der Waals surface area (Å²) >= 11 is 0. The molecule has 0 radical (unpaired) electrons. The van der Waals surface area contributed by atoms with Crippen molar-refractivity contribution < 1.29 is 0 Å². The van der Waals surface area contributed by atoms with E-state index in [0.717, 1.165) is 17.9 Å². The van der Waals surface area contributed by atoms with Gasteiger partial charge in [0, 0.05) is 19.1 Å². The molecule has 2 aliphatic heterocycles. The first-order valence-corrected chi connectivity index (χ1v) is 7.38. The van der Waals surface area contributed by atoms with E-state index >= 15 is 0 Å². The maximum Gasteiger partial charge on any atom is 0.0261 e. The minimum atomic E-state index is 0.754. The molecule has 3 atom stereocenters. The average Bonchev–Trinajstić information content (AvgIpc) is 3.08. The quantitative estimate of drug-likeness (QED) is 0.879. The molecule has 3 rings (SSSR count). The minimum Gasteiger partial charge on any atom is -0.315 e. The molecular weight excluding hydrogens is 220 g/mol. The number of benzene rings is 1. The molecular formula is C16H24N2. The molecule has 2 saturated heterocycles. The number of rotatable bonds is 3. The maximum absolute atomic E-state index is 3.56. The van der Waals surface area contributed by atoms with Crippen molar-refractivity contribution in [1.82, 2.24) is 10.2 Å². The molecule has 2 fully saturated rings. The largest absolute Gasteiger partial charge is 0.315 e. The fourth-order valence-corrected chi connectivity index (χ4v) is 3.65. The summed E-state index contributed by atoms with van der Waals surface area (Å²) in [5.41, 5.74) is 1.53. The first-order chi connectivity index (χ1) is 8.88. The van der Waals surface area contributed by atoms with Crippen LogP contribution in [0.1, 0.15) is 31.2 Å². The zero-order chi connectivity index (χ0) is 12.4. The summed E-state index contributed by atoms with van der Waals surface area (Å²) in [7, 11) is 0. The van der Waals surface area contributed by atoms with Crippen molar-refractivity contribution in [2.24, 2.45) is 5.92 Å². The summed E-state index contributed by atoms with van der Waals surface area (Å²) in [4.78, 5) is 2.73. The average molecular weight is 244 g/mol.